The highest BCUT2D eigenvalue weighted by Crippen LogP contribution is 2.51. The van der Waals surface area contributed by atoms with Crippen LogP contribution in [0.5, 0.6) is 0 Å². The van der Waals surface area contributed by atoms with Crippen LogP contribution in [0.1, 0.15) is 55.8 Å². The lowest BCUT2D eigenvalue weighted by molar-refractivity contribution is 0.0189. The summed E-state index contributed by atoms with van der Waals surface area (Å²) in [5.41, 5.74) is -0.134. The minimum absolute atomic E-state index is 0.000448. The zero-order valence-electron chi connectivity index (χ0n) is 13.6. The molecule has 1 amide bonds. The van der Waals surface area contributed by atoms with Crippen molar-refractivity contribution in [1.82, 2.24) is 4.90 Å². The number of carbonyl (C=O) groups is 2. The Kier molecular flexibility index (Phi) is 4.80. The Morgan fingerprint density at radius 3 is 2.62 bits per heavy atom. The summed E-state index contributed by atoms with van der Waals surface area (Å²) < 4.78 is 0. The Hall–Kier alpha value is -1.26. The summed E-state index contributed by atoms with van der Waals surface area (Å²) in [4.78, 5) is 26.7. The zero-order valence-corrected chi connectivity index (χ0v) is 15.1. The van der Waals surface area contributed by atoms with E-state index in [1.165, 1.54) is 4.90 Å². The van der Waals surface area contributed by atoms with Crippen molar-refractivity contribution in [3.05, 3.63) is 33.8 Å². The van der Waals surface area contributed by atoms with Crippen LogP contribution in [0.2, 0.25) is 10.0 Å². The van der Waals surface area contributed by atoms with Gasteiger partial charge < -0.3 is 10.0 Å². The lowest BCUT2D eigenvalue weighted by Gasteiger charge is -2.47. The van der Waals surface area contributed by atoms with Gasteiger partial charge in [-0.25, -0.2) is 4.79 Å². The minimum Gasteiger partial charge on any atom is -0.465 e. The first-order chi connectivity index (χ1) is 11.4. The summed E-state index contributed by atoms with van der Waals surface area (Å²) in [6.07, 6.45) is 3.69. The summed E-state index contributed by atoms with van der Waals surface area (Å²) in [6, 6.07) is 4.75. The number of ketones is 1. The average Bonchev–Trinajstić information content (AvgIpc) is 2.90. The molecule has 2 heterocycles. The smallest absolute Gasteiger partial charge is 0.407 e. The number of carboxylic acid groups (broad SMARTS) is 1. The van der Waals surface area contributed by atoms with Crippen LogP contribution in [0.3, 0.4) is 0 Å². The Labute approximate surface area is 151 Å². The maximum absolute atomic E-state index is 13.4. The van der Waals surface area contributed by atoms with Gasteiger partial charge >= 0.3 is 6.09 Å². The van der Waals surface area contributed by atoms with Gasteiger partial charge in [0.15, 0.2) is 5.78 Å². The van der Waals surface area contributed by atoms with Crippen molar-refractivity contribution in [3.63, 3.8) is 0 Å². The first kappa shape index (κ1) is 17.6. The molecule has 130 valence electrons. The molecule has 1 N–H and O–H groups in total. The summed E-state index contributed by atoms with van der Waals surface area (Å²) in [5.74, 6) is -0.000448. The van der Waals surface area contributed by atoms with Crippen LogP contribution in [-0.2, 0) is 0 Å². The predicted molar refractivity (Wildman–Crippen MR) is 94.0 cm³/mol. The molecule has 3 atom stereocenters. The Morgan fingerprint density at radius 2 is 2.00 bits per heavy atom. The standard InChI is InChI=1S/C18H21Cl2NO3/c1-2-8-18(16(22)11-3-5-13(19)14(20)10-11)9-7-12-4-6-15(18)21(12)17(23)24/h3,5,10,12,15H,2,4,6-9H2,1H3,(H,23,24)/t12-,15+,18-/m0/s1. The number of benzene rings is 1. The van der Waals surface area contributed by atoms with Gasteiger partial charge in [0.1, 0.15) is 0 Å². The molecule has 2 fully saturated rings. The molecule has 2 aliphatic heterocycles. The lowest BCUT2D eigenvalue weighted by atomic mass is 9.66. The summed E-state index contributed by atoms with van der Waals surface area (Å²) >= 11 is 12.1. The molecule has 0 aliphatic carbocycles. The first-order valence-corrected chi connectivity index (χ1v) is 9.17. The van der Waals surface area contributed by atoms with Gasteiger partial charge in [-0.1, -0.05) is 36.5 Å². The molecule has 2 saturated heterocycles. The van der Waals surface area contributed by atoms with E-state index in [4.69, 9.17) is 23.2 Å². The molecule has 0 aromatic heterocycles. The average molecular weight is 370 g/mol. The Balaban J connectivity index is 2.03. The number of rotatable bonds is 4. The fraction of sp³-hybridized carbons (Fsp3) is 0.556. The van der Waals surface area contributed by atoms with Crippen LogP contribution < -0.4 is 0 Å². The third-order valence-corrected chi connectivity index (χ3v) is 6.35. The Bertz CT molecular complexity index is 678. The molecule has 4 nitrogen and oxygen atoms in total. The highest BCUT2D eigenvalue weighted by molar-refractivity contribution is 6.42. The minimum atomic E-state index is -0.912. The van der Waals surface area contributed by atoms with Gasteiger partial charge in [0.25, 0.3) is 0 Å². The normalized spacial score (nSPS) is 28.9. The van der Waals surface area contributed by atoms with E-state index in [-0.39, 0.29) is 17.9 Å². The van der Waals surface area contributed by atoms with Crippen LogP contribution in [0.4, 0.5) is 4.79 Å². The highest BCUT2D eigenvalue weighted by atomic mass is 35.5. The van der Waals surface area contributed by atoms with Crippen molar-refractivity contribution in [3.8, 4) is 0 Å². The van der Waals surface area contributed by atoms with Gasteiger partial charge in [-0.15, -0.1) is 0 Å². The third-order valence-electron chi connectivity index (χ3n) is 5.62. The molecule has 3 rings (SSSR count). The maximum atomic E-state index is 13.4. The Morgan fingerprint density at radius 1 is 1.25 bits per heavy atom. The number of amides is 1. The van der Waals surface area contributed by atoms with Crippen LogP contribution in [0, 0.1) is 5.41 Å². The highest BCUT2D eigenvalue weighted by Gasteiger charge is 2.56. The number of hydrogen-bond donors (Lipinski definition) is 1. The van der Waals surface area contributed by atoms with E-state index in [0.717, 1.165) is 32.1 Å². The maximum Gasteiger partial charge on any atom is 0.407 e. The monoisotopic (exact) mass is 369 g/mol. The van der Waals surface area contributed by atoms with Crippen LogP contribution in [0.25, 0.3) is 0 Å². The second kappa shape index (κ2) is 6.57. The van der Waals surface area contributed by atoms with Gasteiger partial charge in [0.05, 0.1) is 15.5 Å². The number of hydrogen-bond acceptors (Lipinski definition) is 2. The summed E-state index contributed by atoms with van der Waals surface area (Å²) in [5, 5.41) is 10.4. The van der Waals surface area contributed by atoms with Crippen molar-refractivity contribution in [2.24, 2.45) is 5.41 Å². The van der Waals surface area contributed by atoms with E-state index in [1.807, 2.05) is 6.92 Å². The number of fused-ring (bicyclic) bond motifs is 2. The van der Waals surface area contributed by atoms with E-state index in [1.54, 1.807) is 18.2 Å². The van der Waals surface area contributed by atoms with Crippen molar-refractivity contribution < 1.29 is 14.7 Å². The van der Waals surface area contributed by atoms with E-state index in [9.17, 15) is 14.7 Å². The first-order valence-electron chi connectivity index (χ1n) is 8.42. The molecule has 0 unspecified atom stereocenters. The molecule has 0 radical (unpaired) electrons. The van der Waals surface area contributed by atoms with Gasteiger partial charge in [0, 0.05) is 17.6 Å². The van der Waals surface area contributed by atoms with Crippen molar-refractivity contribution in [2.75, 3.05) is 0 Å². The van der Waals surface area contributed by atoms with Gasteiger partial charge in [-0.05, 0) is 50.3 Å². The number of piperidine rings is 1. The molecule has 6 heteroatoms. The number of nitrogens with zero attached hydrogens (tertiary/aromatic N) is 1. The number of Topliss-reactive ketones (excluding diaryl/α,β-unsaturated/α-hetero) is 1. The SMILES string of the molecule is CCC[C@]1(C(=O)c2ccc(Cl)c(Cl)c2)CC[C@@H]2CC[C@H]1N2C(=O)O. The predicted octanol–water partition coefficient (Wildman–Crippen LogP) is 5.27. The molecular weight excluding hydrogens is 349 g/mol. The number of halogens is 2. The molecule has 24 heavy (non-hydrogen) atoms. The lowest BCUT2D eigenvalue weighted by Crippen LogP contribution is -2.56. The van der Waals surface area contributed by atoms with Crippen LogP contribution >= 0.6 is 23.2 Å². The molecule has 0 spiro atoms. The van der Waals surface area contributed by atoms with E-state index >= 15 is 0 Å². The van der Waals surface area contributed by atoms with Gasteiger partial charge in [-0.3, -0.25) is 4.79 Å². The molecule has 2 bridgehead atoms. The molecule has 2 aliphatic rings. The van der Waals surface area contributed by atoms with E-state index < -0.39 is 11.5 Å². The van der Waals surface area contributed by atoms with Crippen molar-refractivity contribution in [2.45, 2.75) is 57.5 Å². The molecule has 0 saturated carbocycles. The second-order valence-corrected chi connectivity index (χ2v) is 7.65. The van der Waals surface area contributed by atoms with Crippen LogP contribution in [-0.4, -0.2) is 34.0 Å². The van der Waals surface area contributed by atoms with E-state index in [2.05, 4.69) is 0 Å². The van der Waals surface area contributed by atoms with Crippen LogP contribution in [0.15, 0.2) is 18.2 Å². The van der Waals surface area contributed by atoms with Crippen molar-refractivity contribution >= 4 is 35.1 Å². The largest absolute Gasteiger partial charge is 0.465 e. The molecule has 1 aromatic carbocycles. The topological polar surface area (TPSA) is 57.6 Å². The molecular formula is C18H21Cl2NO3. The fourth-order valence-electron chi connectivity index (χ4n) is 4.63. The van der Waals surface area contributed by atoms with Crippen molar-refractivity contribution in [1.29, 1.82) is 0 Å². The zero-order chi connectivity index (χ0) is 17.5. The summed E-state index contributed by atoms with van der Waals surface area (Å²) in [7, 11) is 0. The summed E-state index contributed by atoms with van der Waals surface area (Å²) in [6.45, 7) is 2.04. The fourth-order valence-corrected chi connectivity index (χ4v) is 4.93. The second-order valence-electron chi connectivity index (χ2n) is 6.84. The van der Waals surface area contributed by atoms with Gasteiger partial charge in [-0.2, -0.15) is 0 Å². The molecule has 1 aromatic rings. The third kappa shape index (κ3) is 2.70. The number of carbonyl (C=O) groups excluding carboxylic acids is 1. The van der Waals surface area contributed by atoms with Gasteiger partial charge in [0.2, 0.25) is 0 Å². The quantitative estimate of drug-likeness (QED) is 0.735. The van der Waals surface area contributed by atoms with E-state index in [0.29, 0.717) is 22.0 Å².